The maximum Gasteiger partial charge on any atom is 0.261 e. The monoisotopic (exact) mass is 380 g/mol. The standard InChI is InChI=1S/C20H16N2O4S/c23-19-11-12-20(24)22(19)17-7-9-18(10-8-17)27(25,26)21-16-6-5-14-3-1-2-4-15(14)13-16/h1-10,13,21H,11-12H2. The predicted molar refractivity (Wildman–Crippen MR) is 103 cm³/mol. The van der Waals surface area contributed by atoms with Crippen molar-refractivity contribution in [1.29, 1.82) is 0 Å². The Bertz CT molecular complexity index is 1140. The SMILES string of the molecule is O=C1CCC(=O)N1c1ccc(S(=O)(=O)Nc2ccc3ccccc3c2)cc1. The molecule has 1 aliphatic heterocycles. The van der Waals surface area contributed by atoms with Gasteiger partial charge < -0.3 is 0 Å². The van der Waals surface area contributed by atoms with Gasteiger partial charge in [-0.15, -0.1) is 0 Å². The molecule has 0 atom stereocenters. The molecule has 6 nitrogen and oxygen atoms in total. The van der Waals surface area contributed by atoms with E-state index < -0.39 is 10.0 Å². The zero-order valence-electron chi connectivity index (χ0n) is 14.3. The number of sulfonamides is 1. The first kappa shape index (κ1) is 17.2. The molecule has 0 aliphatic carbocycles. The molecule has 1 fully saturated rings. The number of benzene rings is 3. The quantitative estimate of drug-likeness (QED) is 0.704. The van der Waals surface area contributed by atoms with Crippen molar-refractivity contribution in [3.8, 4) is 0 Å². The fourth-order valence-corrected chi connectivity index (χ4v) is 4.16. The number of carbonyl (C=O) groups is 2. The molecule has 1 heterocycles. The third kappa shape index (κ3) is 3.29. The van der Waals surface area contributed by atoms with Crippen LogP contribution in [0.15, 0.2) is 71.6 Å². The summed E-state index contributed by atoms with van der Waals surface area (Å²) in [4.78, 5) is 24.7. The summed E-state index contributed by atoms with van der Waals surface area (Å²) in [5.74, 6) is -0.546. The van der Waals surface area contributed by atoms with Crippen molar-refractivity contribution in [1.82, 2.24) is 0 Å². The van der Waals surface area contributed by atoms with Crippen LogP contribution >= 0.6 is 0 Å². The lowest BCUT2D eigenvalue weighted by atomic mass is 10.1. The van der Waals surface area contributed by atoms with Crippen molar-refractivity contribution in [3.63, 3.8) is 0 Å². The number of fused-ring (bicyclic) bond motifs is 1. The molecule has 1 aliphatic rings. The molecule has 136 valence electrons. The van der Waals surface area contributed by atoms with Crippen LogP contribution in [0.3, 0.4) is 0 Å². The van der Waals surface area contributed by atoms with Gasteiger partial charge in [0.2, 0.25) is 11.8 Å². The molecule has 7 heteroatoms. The Morgan fingerprint density at radius 3 is 2.07 bits per heavy atom. The Labute approximate surface area is 156 Å². The molecule has 1 saturated heterocycles. The molecular weight excluding hydrogens is 364 g/mol. The molecule has 4 rings (SSSR count). The number of amides is 2. The van der Waals surface area contributed by atoms with E-state index in [4.69, 9.17) is 0 Å². The van der Waals surface area contributed by atoms with E-state index in [0.717, 1.165) is 15.7 Å². The molecular formula is C20H16N2O4S. The van der Waals surface area contributed by atoms with Gasteiger partial charge in [-0.1, -0.05) is 30.3 Å². The molecule has 0 aromatic heterocycles. The number of rotatable bonds is 4. The zero-order valence-corrected chi connectivity index (χ0v) is 15.1. The van der Waals surface area contributed by atoms with Crippen LogP contribution in [0.1, 0.15) is 12.8 Å². The largest absolute Gasteiger partial charge is 0.280 e. The van der Waals surface area contributed by atoms with Gasteiger partial charge >= 0.3 is 0 Å². The smallest absolute Gasteiger partial charge is 0.261 e. The lowest BCUT2D eigenvalue weighted by Crippen LogP contribution is -2.28. The van der Waals surface area contributed by atoms with Gasteiger partial charge in [-0.3, -0.25) is 19.2 Å². The summed E-state index contributed by atoms with van der Waals surface area (Å²) in [6, 6.07) is 18.7. The Morgan fingerprint density at radius 1 is 0.778 bits per heavy atom. The van der Waals surface area contributed by atoms with Crippen LogP contribution in [0.5, 0.6) is 0 Å². The Kier molecular flexibility index (Phi) is 4.16. The normalized spacial score (nSPS) is 14.7. The number of hydrogen-bond donors (Lipinski definition) is 1. The first-order valence-corrected chi connectivity index (χ1v) is 9.90. The van der Waals surface area contributed by atoms with E-state index in [1.165, 1.54) is 24.3 Å². The van der Waals surface area contributed by atoms with Gasteiger partial charge in [-0.05, 0) is 47.2 Å². The van der Waals surface area contributed by atoms with Gasteiger partial charge in [-0.25, -0.2) is 8.42 Å². The highest BCUT2D eigenvalue weighted by atomic mass is 32.2. The molecule has 0 unspecified atom stereocenters. The molecule has 1 N–H and O–H groups in total. The van der Waals surface area contributed by atoms with Crippen molar-refractivity contribution in [2.75, 3.05) is 9.62 Å². The second-order valence-electron chi connectivity index (χ2n) is 6.28. The summed E-state index contributed by atoms with van der Waals surface area (Å²) in [7, 11) is -3.79. The van der Waals surface area contributed by atoms with Gasteiger partial charge in [0.1, 0.15) is 0 Å². The van der Waals surface area contributed by atoms with E-state index >= 15 is 0 Å². The number of nitrogens with one attached hydrogen (secondary N) is 1. The molecule has 2 amide bonds. The lowest BCUT2D eigenvalue weighted by Gasteiger charge is -2.14. The summed E-state index contributed by atoms with van der Waals surface area (Å²) in [5.41, 5.74) is 0.842. The van der Waals surface area contributed by atoms with Gasteiger partial charge in [0.05, 0.1) is 10.6 Å². The van der Waals surface area contributed by atoms with Crippen molar-refractivity contribution >= 4 is 44.0 Å². The van der Waals surface area contributed by atoms with Gasteiger partial charge in [-0.2, -0.15) is 0 Å². The fourth-order valence-electron chi connectivity index (χ4n) is 3.11. The van der Waals surface area contributed by atoms with E-state index in [1.807, 2.05) is 30.3 Å². The topological polar surface area (TPSA) is 83.6 Å². The summed E-state index contributed by atoms with van der Waals surface area (Å²) >= 11 is 0. The third-order valence-corrected chi connectivity index (χ3v) is 5.86. The molecule has 0 bridgehead atoms. The maximum absolute atomic E-state index is 12.6. The minimum atomic E-state index is -3.79. The van der Waals surface area contributed by atoms with Gasteiger partial charge in [0, 0.05) is 18.5 Å². The van der Waals surface area contributed by atoms with Crippen LogP contribution in [0.4, 0.5) is 11.4 Å². The highest BCUT2D eigenvalue weighted by Gasteiger charge is 2.30. The highest BCUT2D eigenvalue weighted by molar-refractivity contribution is 7.92. The van der Waals surface area contributed by atoms with Crippen molar-refractivity contribution in [2.24, 2.45) is 0 Å². The Morgan fingerprint density at radius 2 is 1.41 bits per heavy atom. The zero-order chi connectivity index (χ0) is 19.0. The molecule has 0 radical (unpaired) electrons. The Hall–Kier alpha value is -3.19. The number of carbonyl (C=O) groups excluding carboxylic acids is 2. The average molecular weight is 380 g/mol. The summed E-state index contributed by atoms with van der Waals surface area (Å²) in [6.07, 6.45) is 0.366. The highest BCUT2D eigenvalue weighted by Crippen LogP contribution is 2.26. The average Bonchev–Trinajstić information content (AvgIpc) is 3.00. The number of anilines is 2. The molecule has 27 heavy (non-hydrogen) atoms. The second-order valence-corrected chi connectivity index (χ2v) is 7.97. The minimum absolute atomic E-state index is 0.0542. The minimum Gasteiger partial charge on any atom is -0.280 e. The lowest BCUT2D eigenvalue weighted by molar-refractivity contribution is -0.121. The fraction of sp³-hybridized carbons (Fsp3) is 0.100. The Balaban J connectivity index is 1.59. The van der Waals surface area contributed by atoms with Crippen molar-refractivity contribution < 1.29 is 18.0 Å². The summed E-state index contributed by atoms with van der Waals surface area (Å²) in [5, 5.41) is 1.95. The van der Waals surface area contributed by atoms with Crippen molar-refractivity contribution in [3.05, 3.63) is 66.7 Å². The molecule has 3 aromatic carbocycles. The predicted octanol–water partition coefficient (Wildman–Crippen LogP) is 3.29. The van der Waals surface area contributed by atoms with Crippen LogP contribution in [0.25, 0.3) is 10.8 Å². The van der Waals surface area contributed by atoms with E-state index in [2.05, 4.69) is 4.72 Å². The number of hydrogen-bond acceptors (Lipinski definition) is 4. The number of nitrogens with zero attached hydrogens (tertiary/aromatic N) is 1. The van der Waals surface area contributed by atoms with E-state index in [0.29, 0.717) is 11.4 Å². The number of imide groups is 1. The van der Waals surface area contributed by atoms with Crippen LogP contribution < -0.4 is 9.62 Å². The second kappa shape index (κ2) is 6.51. The summed E-state index contributed by atoms with van der Waals surface area (Å²) < 4.78 is 27.8. The van der Waals surface area contributed by atoms with Crippen LogP contribution in [0.2, 0.25) is 0 Å². The maximum atomic E-state index is 12.6. The first-order chi connectivity index (χ1) is 12.9. The van der Waals surface area contributed by atoms with Gasteiger partial charge in [0.15, 0.2) is 0 Å². The van der Waals surface area contributed by atoms with Crippen molar-refractivity contribution in [2.45, 2.75) is 17.7 Å². The third-order valence-electron chi connectivity index (χ3n) is 4.46. The molecule has 3 aromatic rings. The molecule has 0 saturated carbocycles. The van der Waals surface area contributed by atoms with Gasteiger partial charge in [0.25, 0.3) is 10.0 Å². The van der Waals surface area contributed by atoms with Crippen LogP contribution in [-0.4, -0.2) is 20.2 Å². The molecule has 0 spiro atoms. The van der Waals surface area contributed by atoms with E-state index in [-0.39, 0.29) is 29.6 Å². The van der Waals surface area contributed by atoms with Crippen LogP contribution in [0, 0.1) is 0 Å². The van der Waals surface area contributed by atoms with E-state index in [1.54, 1.807) is 12.1 Å². The van der Waals surface area contributed by atoms with Crippen LogP contribution in [-0.2, 0) is 19.6 Å². The van der Waals surface area contributed by atoms with E-state index in [9.17, 15) is 18.0 Å². The first-order valence-electron chi connectivity index (χ1n) is 8.41. The summed E-state index contributed by atoms with van der Waals surface area (Å²) in [6.45, 7) is 0.